The molecule has 0 bridgehead atoms. The Bertz CT molecular complexity index is 577. The number of benzene rings is 1. The first-order valence-electron chi connectivity index (χ1n) is 7.04. The standard InChI is InChI=1S/C16H20FN3O/c1-19-8-3-9-20(12-16(19)21)11-14-6-5-13(4-2-7-18)10-15(14)17/h5-6,10H,3,7-9,11-12,18H2,1H3. The second kappa shape index (κ2) is 7.21. The monoisotopic (exact) mass is 289 g/mol. The number of nitrogens with zero attached hydrogens (tertiary/aromatic N) is 2. The van der Waals surface area contributed by atoms with Crippen LogP contribution >= 0.6 is 0 Å². The number of carbonyl (C=O) groups excluding carboxylic acids is 1. The molecule has 21 heavy (non-hydrogen) atoms. The van der Waals surface area contributed by atoms with Crippen LogP contribution < -0.4 is 5.73 Å². The lowest BCUT2D eigenvalue weighted by Gasteiger charge is -2.19. The molecular weight excluding hydrogens is 269 g/mol. The van der Waals surface area contributed by atoms with Gasteiger partial charge in [-0.05, 0) is 18.6 Å². The molecule has 0 radical (unpaired) electrons. The lowest BCUT2D eigenvalue weighted by Crippen LogP contribution is -2.34. The van der Waals surface area contributed by atoms with Gasteiger partial charge in [0.2, 0.25) is 5.91 Å². The first-order valence-corrected chi connectivity index (χ1v) is 7.04. The van der Waals surface area contributed by atoms with E-state index in [-0.39, 0.29) is 18.3 Å². The number of halogens is 1. The molecule has 5 heteroatoms. The molecule has 4 nitrogen and oxygen atoms in total. The van der Waals surface area contributed by atoms with Gasteiger partial charge >= 0.3 is 0 Å². The zero-order valence-electron chi connectivity index (χ0n) is 12.2. The Morgan fingerprint density at radius 1 is 1.38 bits per heavy atom. The van der Waals surface area contributed by atoms with E-state index in [0.29, 0.717) is 24.2 Å². The SMILES string of the molecule is CN1CCCN(Cc2ccc(C#CCN)cc2F)CC1=O. The van der Waals surface area contributed by atoms with Crippen molar-refractivity contribution in [2.24, 2.45) is 5.73 Å². The molecule has 2 N–H and O–H groups in total. The van der Waals surface area contributed by atoms with E-state index in [4.69, 9.17) is 5.73 Å². The average Bonchev–Trinajstić information content (AvgIpc) is 2.61. The van der Waals surface area contributed by atoms with Gasteiger partial charge in [-0.25, -0.2) is 4.39 Å². The van der Waals surface area contributed by atoms with Crippen LogP contribution in [0, 0.1) is 17.7 Å². The Morgan fingerprint density at radius 3 is 2.90 bits per heavy atom. The summed E-state index contributed by atoms with van der Waals surface area (Å²) in [4.78, 5) is 15.5. The summed E-state index contributed by atoms with van der Waals surface area (Å²) in [5.41, 5.74) is 6.50. The van der Waals surface area contributed by atoms with Gasteiger partial charge in [0.05, 0.1) is 13.1 Å². The van der Waals surface area contributed by atoms with E-state index in [1.165, 1.54) is 6.07 Å². The minimum atomic E-state index is -0.288. The van der Waals surface area contributed by atoms with Crippen LogP contribution in [0.3, 0.4) is 0 Å². The van der Waals surface area contributed by atoms with Crippen molar-refractivity contribution in [2.45, 2.75) is 13.0 Å². The van der Waals surface area contributed by atoms with Crippen molar-refractivity contribution in [3.8, 4) is 11.8 Å². The summed E-state index contributed by atoms with van der Waals surface area (Å²) < 4.78 is 14.1. The molecule has 1 aromatic carbocycles. The van der Waals surface area contributed by atoms with E-state index in [9.17, 15) is 9.18 Å². The molecular formula is C16H20FN3O. The Kier molecular flexibility index (Phi) is 5.32. The molecule has 1 amide bonds. The van der Waals surface area contributed by atoms with Crippen molar-refractivity contribution in [3.63, 3.8) is 0 Å². The van der Waals surface area contributed by atoms with Crippen molar-refractivity contribution < 1.29 is 9.18 Å². The van der Waals surface area contributed by atoms with Gasteiger partial charge in [-0.1, -0.05) is 17.9 Å². The Morgan fingerprint density at radius 2 is 2.19 bits per heavy atom. The second-order valence-corrected chi connectivity index (χ2v) is 5.19. The summed E-state index contributed by atoms with van der Waals surface area (Å²) >= 11 is 0. The molecule has 0 spiro atoms. The average molecular weight is 289 g/mol. The number of rotatable bonds is 2. The molecule has 112 valence electrons. The van der Waals surface area contributed by atoms with Crippen LogP contribution in [0.4, 0.5) is 4.39 Å². The highest BCUT2D eigenvalue weighted by molar-refractivity contribution is 5.78. The van der Waals surface area contributed by atoms with Crippen LogP contribution in [-0.4, -0.2) is 48.9 Å². The molecule has 2 rings (SSSR count). The van der Waals surface area contributed by atoms with Crippen LogP contribution in [0.1, 0.15) is 17.5 Å². The number of likely N-dealkylation sites (N-methyl/N-ethyl adjacent to an activating group) is 1. The predicted molar refractivity (Wildman–Crippen MR) is 79.9 cm³/mol. The van der Waals surface area contributed by atoms with E-state index in [0.717, 1.165) is 19.5 Å². The van der Waals surface area contributed by atoms with Gasteiger partial charge < -0.3 is 10.6 Å². The van der Waals surface area contributed by atoms with Gasteiger partial charge in [0.15, 0.2) is 0 Å². The van der Waals surface area contributed by atoms with Crippen molar-refractivity contribution in [1.29, 1.82) is 0 Å². The van der Waals surface area contributed by atoms with Gasteiger partial charge in [0, 0.05) is 37.8 Å². The molecule has 1 saturated heterocycles. The van der Waals surface area contributed by atoms with E-state index in [1.54, 1.807) is 24.1 Å². The van der Waals surface area contributed by atoms with Crippen molar-refractivity contribution in [2.75, 3.05) is 33.2 Å². The van der Waals surface area contributed by atoms with E-state index >= 15 is 0 Å². The second-order valence-electron chi connectivity index (χ2n) is 5.19. The highest BCUT2D eigenvalue weighted by Crippen LogP contribution is 2.14. The molecule has 1 aliphatic rings. The summed E-state index contributed by atoms with van der Waals surface area (Å²) in [5.74, 6) is 5.31. The van der Waals surface area contributed by atoms with Crippen molar-refractivity contribution in [3.05, 3.63) is 35.1 Å². The van der Waals surface area contributed by atoms with Gasteiger partial charge in [-0.2, -0.15) is 0 Å². The molecule has 0 saturated carbocycles. The van der Waals surface area contributed by atoms with Gasteiger partial charge in [0.1, 0.15) is 5.82 Å². The molecule has 1 aromatic rings. The fraction of sp³-hybridized carbons (Fsp3) is 0.438. The van der Waals surface area contributed by atoms with Crippen molar-refractivity contribution in [1.82, 2.24) is 9.80 Å². The van der Waals surface area contributed by atoms with Crippen LogP contribution in [0.5, 0.6) is 0 Å². The number of hydrogen-bond acceptors (Lipinski definition) is 3. The summed E-state index contributed by atoms with van der Waals surface area (Å²) in [6.07, 6.45) is 0.907. The maximum atomic E-state index is 14.1. The number of carbonyl (C=O) groups is 1. The van der Waals surface area contributed by atoms with Gasteiger partial charge in [-0.15, -0.1) is 0 Å². The van der Waals surface area contributed by atoms with Crippen molar-refractivity contribution >= 4 is 5.91 Å². The molecule has 1 aliphatic heterocycles. The van der Waals surface area contributed by atoms with E-state index < -0.39 is 0 Å². The minimum absolute atomic E-state index is 0.0818. The summed E-state index contributed by atoms with van der Waals surface area (Å²) in [5, 5.41) is 0. The van der Waals surface area contributed by atoms with Crippen LogP contribution in [0.2, 0.25) is 0 Å². The fourth-order valence-corrected chi connectivity index (χ4v) is 2.33. The third-order valence-electron chi connectivity index (χ3n) is 3.53. The zero-order valence-corrected chi connectivity index (χ0v) is 12.2. The zero-order chi connectivity index (χ0) is 15.2. The first kappa shape index (κ1) is 15.5. The molecule has 1 heterocycles. The third kappa shape index (κ3) is 4.28. The fourth-order valence-electron chi connectivity index (χ4n) is 2.33. The quantitative estimate of drug-likeness (QED) is 0.819. The third-order valence-corrected chi connectivity index (χ3v) is 3.53. The number of hydrogen-bond donors (Lipinski definition) is 1. The maximum absolute atomic E-state index is 14.1. The number of amides is 1. The van der Waals surface area contributed by atoms with Gasteiger partial charge in [0.25, 0.3) is 0 Å². The Labute approximate surface area is 124 Å². The maximum Gasteiger partial charge on any atom is 0.236 e. The summed E-state index contributed by atoms with van der Waals surface area (Å²) in [6.45, 7) is 2.59. The molecule has 0 aromatic heterocycles. The Balaban J connectivity index is 2.07. The molecule has 0 aliphatic carbocycles. The number of nitrogens with two attached hydrogens (primary N) is 1. The molecule has 1 fully saturated rings. The topological polar surface area (TPSA) is 49.6 Å². The highest BCUT2D eigenvalue weighted by Gasteiger charge is 2.19. The van der Waals surface area contributed by atoms with Crippen LogP contribution in [0.25, 0.3) is 0 Å². The Hall–Kier alpha value is -1.90. The van der Waals surface area contributed by atoms with Crippen LogP contribution in [-0.2, 0) is 11.3 Å². The molecule has 0 unspecified atom stereocenters. The van der Waals surface area contributed by atoms with Crippen LogP contribution in [0.15, 0.2) is 18.2 Å². The molecule has 0 atom stereocenters. The van der Waals surface area contributed by atoms with E-state index in [1.807, 2.05) is 4.90 Å². The first-order chi connectivity index (χ1) is 10.1. The lowest BCUT2D eigenvalue weighted by atomic mass is 10.1. The lowest BCUT2D eigenvalue weighted by molar-refractivity contribution is -0.130. The predicted octanol–water partition coefficient (Wildman–Crippen LogP) is 0.800. The smallest absolute Gasteiger partial charge is 0.236 e. The van der Waals surface area contributed by atoms with E-state index in [2.05, 4.69) is 11.8 Å². The highest BCUT2D eigenvalue weighted by atomic mass is 19.1. The minimum Gasteiger partial charge on any atom is -0.345 e. The van der Waals surface area contributed by atoms with Gasteiger partial charge in [-0.3, -0.25) is 9.69 Å². The summed E-state index contributed by atoms with van der Waals surface area (Å²) in [6, 6.07) is 4.94. The summed E-state index contributed by atoms with van der Waals surface area (Å²) in [7, 11) is 1.80. The normalized spacial score (nSPS) is 16.3. The largest absolute Gasteiger partial charge is 0.345 e.